The molecule has 0 aliphatic rings. The summed E-state index contributed by atoms with van der Waals surface area (Å²) in [7, 11) is 1.52. The maximum absolute atomic E-state index is 14.6. The van der Waals surface area contributed by atoms with E-state index in [1.54, 1.807) is 30.6 Å². The maximum Gasteiger partial charge on any atom is 0.134 e. The lowest BCUT2D eigenvalue weighted by Crippen LogP contribution is -2.00. The van der Waals surface area contributed by atoms with E-state index in [-0.39, 0.29) is 11.7 Å². The lowest BCUT2D eigenvalue weighted by molar-refractivity contribution is 0.411. The van der Waals surface area contributed by atoms with E-state index in [0.717, 1.165) is 34.0 Å². The van der Waals surface area contributed by atoms with Crippen LogP contribution in [0.4, 0.5) is 8.78 Å². The zero-order chi connectivity index (χ0) is 21.1. The molecule has 1 atom stereocenters. The van der Waals surface area contributed by atoms with Crippen molar-refractivity contribution in [2.75, 3.05) is 7.11 Å². The normalized spacial score (nSPS) is 12.1. The second-order valence-electron chi connectivity index (χ2n) is 7.38. The van der Waals surface area contributed by atoms with Crippen molar-refractivity contribution in [2.24, 2.45) is 0 Å². The van der Waals surface area contributed by atoms with Gasteiger partial charge in [-0.25, -0.2) is 8.78 Å². The molecule has 30 heavy (non-hydrogen) atoms. The Balaban J connectivity index is 1.65. The van der Waals surface area contributed by atoms with E-state index in [4.69, 9.17) is 4.74 Å². The SMILES string of the molecule is COc1ccc(-c2ccnc3cc(C(C)Cc4ccc(CF)nc4)ccc23)c(F)c1. The van der Waals surface area contributed by atoms with Gasteiger partial charge >= 0.3 is 0 Å². The third-order valence-corrected chi connectivity index (χ3v) is 5.37. The van der Waals surface area contributed by atoms with Crippen molar-refractivity contribution in [1.82, 2.24) is 9.97 Å². The van der Waals surface area contributed by atoms with Crippen molar-refractivity contribution in [3.63, 3.8) is 0 Å². The molecule has 0 radical (unpaired) electrons. The smallest absolute Gasteiger partial charge is 0.134 e. The summed E-state index contributed by atoms with van der Waals surface area (Å²) in [5.41, 5.74) is 4.77. The number of fused-ring (bicyclic) bond motifs is 1. The first-order valence-electron chi connectivity index (χ1n) is 9.81. The molecule has 0 bridgehead atoms. The first kappa shape index (κ1) is 20.0. The maximum atomic E-state index is 14.6. The van der Waals surface area contributed by atoms with E-state index < -0.39 is 6.67 Å². The van der Waals surface area contributed by atoms with Gasteiger partial charge in [0, 0.05) is 29.4 Å². The Morgan fingerprint density at radius 3 is 2.53 bits per heavy atom. The van der Waals surface area contributed by atoms with E-state index in [9.17, 15) is 8.78 Å². The van der Waals surface area contributed by atoms with Gasteiger partial charge in [-0.1, -0.05) is 25.1 Å². The van der Waals surface area contributed by atoms with Crippen molar-refractivity contribution in [3.8, 4) is 16.9 Å². The molecule has 3 nitrogen and oxygen atoms in total. The van der Waals surface area contributed by atoms with Gasteiger partial charge in [-0.15, -0.1) is 0 Å². The quantitative estimate of drug-likeness (QED) is 0.380. The van der Waals surface area contributed by atoms with Crippen LogP contribution in [0.15, 0.2) is 67.0 Å². The molecule has 4 rings (SSSR count). The van der Waals surface area contributed by atoms with Crippen LogP contribution in [-0.2, 0) is 13.1 Å². The van der Waals surface area contributed by atoms with E-state index >= 15 is 0 Å². The Morgan fingerprint density at radius 1 is 0.967 bits per heavy atom. The number of ether oxygens (including phenoxy) is 1. The lowest BCUT2D eigenvalue weighted by atomic mass is 9.92. The highest BCUT2D eigenvalue weighted by atomic mass is 19.1. The summed E-state index contributed by atoms with van der Waals surface area (Å²) >= 11 is 0. The lowest BCUT2D eigenvalue weighted by Gasteiger charge is -2.14. The van der Waals surface area contributed by atoms with Gasteiger partial charge in [0.2, 0.25) is 0 Å². The Kier molecular flexibility index (Phi) is 5.70. The van der Waals surface area contributed by atoms with Crippen molar-refractivity contribution in [1.29, 1.82) is 0 Å². The minimum absolute atomic E-state index is 0.232. The monoisotopic (exact) mass is 404 g/mol. The second-order valence-corrected chi connectivity index (χ2v) is 7.38. The molecule has 152 valence electrons. The molecule has 1 unspecified atom stereocenters. The minimum atomic E-state index is -0.552. The summed E-state index contributed by atoms with van der Waals surface area (Å²) in [5.74, 6) is 0.388. The standard InChI is InChI=1S/C25H22F2N2O/c1-16(11-17-3-5-19(14-26)29-15-17)18-4-7-23-21(9-10-28-25(23)12-18)22-8-6-20(30-2)13-24(22)27/h3-10,12-13,15-16H,11,14H2,1-2H3. The fraction of sp³-hybridized carbons (Fsp3) is 0.200. The molecule has 2 aromatic heterocycles. The molecule has 2 aromatic carbocycles. The van der Waals surface area contributed by atoms with Crippen LogP contribution in [0.3, 0.4) is 0 Å². The Hall–Kier alpha value is -3.34. The molecule has 0 spiro atoms. The molecule has 0 N–H and O–H groups in total. The summed E-state index contributed by atoms with van der Waals surface area (Å²) in [5, 5.41) is 0.895. The molecule has 0 fully saturated rings. The fourth-order valence-electron chi connectivity index (χ4n) is 3.67. The van der Waals surface area contributed by atoms with Crippen molar-refractivity contribution < 1.29 is 13.5 Å². The van der Waals surface area contributed by atoms with Gasteiger partial charge in [0.25, 0.3) is 0 Å². The number of hydrogen-bond acceptors (Lipinski definition) is 3. The average Bonchev–Trinajstić information content (AvgIpc) is 2.78. The molecule has 2 heterocycles. The molecule has 5 heteroatoms. The third-order valence-electron chi connectivity index (χ3n) is 5.37. The van der Waals surface area contributed by atoms with Crippen LogP contribution in [0.5, 0.6) is 5.75 Å². The van der Waals surface area contributed by atoms with E-state index in [1.165, 1.54) is 13.2 Å². The first-order valence-corrected chi connectivity index (χ1v) is 9.81. The molecule has 0 amide bonds. The second kappa shape index (κ2) is 8.57. The molecule has 0 saturated carbocycles. The molecular formula is C25H22F2N2O. The van der Waals surface area contributed by atoms with Gasteiger partial charge in [-0.05, 0) is 59.4 Å². The third kappa shape index (κ3) is 4.01. The molecule has 0 aliphatic heterocycles. The van der Waals surface area contributed by atoms with E-state index in [1.807, 2.05) is 24.3 Å². The number of nitrogens with zero attached hydrogens (tertiary/aromatic N) is 2. The largest absolute Gasteiger partial charge is 0.497 e. The molecule has 0 saturated heterocycles. The molecule has 0 aliphatic carbocycles. The predicted octanol–water partition coefficient (Wildman–Crippen LogP) is 6.26. The number of pyridine rings is 2. The summed E-state index contributed by atoms with van der Waals surface area (Å²) in [6, 6.07) is 16.4. The highest BCUT2D eigenvalue weighted by Gasteiger charge is 2.13. The zero-order valence-corrected chi connectivity index (χ0v) is 16.9. The highest BCUT2D eigenvalue weighted by molar-refractivity contribution is 5.94. The van der Waals surface area contributed by atoms with Crippen LogP contribution in [-0.4, -0.2) is 17.1 Å². The van der Waals surface area contributed by atoms with Gasteiger partial charge in [0.05, 0.1) is 18.3 Å². The minimum Gasteiger partial charge on any atom is -0.497 e. The summed E-state index contributed by atoms with van der Waals surface area (Å²) < 4.78 is 32.4. The van der Waals surface area contributed by atoms with E-state index in [2.05, 4.69) is 23.0 Å². The molecular weight excluding hydrogens is 382 g/mol. The molecule has 4 aromatic rings. The van der Waals surface area contributed by atoms with Crippen molar-refractivity contribution in [3.05, 3.63) is 89.6 Å². The number of aromatic nitrogens is 2. The van der Waals surface area contributed by atoms with Gasteiger partial charge in [-0.2, -0.15) is 0 Å². The number of methoxy groups -OCH3 is 1. The zero-order valence-electron chi connectivity index (χ0n) is 16.9. The van der Waals surface area contributed by atoms with Crippen LogP contribution in [0, 0.1) is 5.82 Å². The predicted molar refractivity (Wildman–Crippen MR) is 115 cm³/mol. The number of hydrogen-bond donors (Lipinski definition) is 0. The van der Waals surface area contributed by atoms with Gasteiger partial charge in [0.1, 0.15) is 18.2 Å². The van der Waals surface area contributed by atoms with Crippen molar-refractivity contribution >= 4 is 10.9 Å². The Labute approximate surface area is 174 Å². The fourth-order valence-corrected chi connectivity index (χ4v) is 3.67. The highest BCUT2D eigenvalue weighted by Crippen LogP contribution is 2.33. The van der Waals surface area contributed by atoms with Crippen molar-refractivity contribution in [2.45, 2.75) is 25.9 Å². The average molecular weight is 404 g/mol. The van der Waals surface area contributed by atoms with Gasteiger partial charge < -0.3 is 4.74 Å². The Bertz CT molecular complexity index is 1180. The van der Waals surface area contributed by atoms with Crippen LogP contribution >= 0.6 is 0 Å². The van der Waals surface area contributed by atoms with Crippen LogP contribution in [0.1, 0.15) is 29.7 Å². The van der Waals surface area contributed by atoms with E-state index in [0.29, 0.717) is 17.0 Å². The number of halogens is 2. The number of alkyl halides is 1. The topological polar surface area (TPSA) is 35.0 Å². The van der Waals surface area contributed by atoms with Crippen LogP contribution in [0.2, 0.25) is 0 Å². The number of benzene rings is 2. The van der Waals surface area contributed by atoms with Gasteiger partial charge in [-0.3, -0.25) is 9.97 Å². The van der Waals surface area contributed by atoms with Crippen LogP contribution < -0.4 is 4.74 Å². The Morgan fingerprint density at radius 2 is 1.83 bits per heavy atom. The number of rotatable bonds is 6. The van der Waals surface area contributed by atoms with Crippen LogP contribution in [0.25, 0.3) is 22.0 Å². The summed E-state index contributed by atoms with van der Waals surface area (Å²) in [4.78, 5) is 8.63. The summed E-state index contributed by atoms with van der Waals surface area (Å²) in [6.45, 7) is 1.58. The first-order chi connectivity index (χ1) is 14.6. The summed E-state index contributed by atoms with van der Waals surface area (Å²) in [6.07, 6.45) is 4.22. The van der Waals surface area contributed by atoms with Gasteiger partial charge in [0.15, 0.2) is 0 Å².